The summed E-state index contributed by atoms with van der Waals surface area (Å²) < 4.78 is 5.21. The summed E-state index contributed by atoms with van der Waals surface area (Å²) in [5.41, 5.74) is 1.06. The number of amides is 2. The van der Waals surface area contributed by atoms with Crippen LogP contribution in [0.25, 0.3) is 6.08 Å². The normalized spacial score (nSPS) is 16.2. The predicted octanol–water partition coefficient (Wildman–Crippen LogP) is 3.84. The molecule has 1 N–H and O–H groups in total. The summed E-state index contributed by atoms with van der Waals surface area (Å²) in [7, 11) is 0. The highest BCUT2D eigenvalue weighted by Crippen LogP contribution is 2.21. The minimum absolute atomic E-state index is 0.00834. The number of benzene rings is 1. The molecule has 0 bridgehead atoms. The maximum Gasteiger partial charge on any atom is 0.246 e. The van der Waals surface area contributed by atoms with E-state index in [9.17, 15) is 9.59 Å². The first kappa shape index (κ1) is 19.9. The summed E-state index contributed by atoms with van der Waals surface area (Å²) in [6.45, 7) is 4.15. The largest absolute Gasteiger partial charge is 0.465 e. The van der Waals surface area contributed by atoms with Gasteiger partial charge in [-0.15, -0.1) is 0 Å². The molecule has 0 radical (unpaired) electrons. The van der Waals surface area contributed by atoms with Crippen LogP contribution in [0, 0.1) is 5.92 Å². The Balaban J connectivity index is 1.42. The Hall–Kier alpha value is -2.82. The first-order chi connectivity index (χ1) is 13.7. The number of likely N-dealkylation sites (tertiary alicyclic amines) is 1. The van der Waals surface area contributed by atoms with Crippen LogP contribution in [-0.2, 0) is 9.59 Å². The average molecular weight is 380 g/mol. The molecule has 1 aliphatic heterocycles. The van der Waals surface area contributed by atoms with Gasteiger partial charge in [-0.05, 0) is 49.0 Å². The van der Waals surface area contributed by atoms with Crippen LogP contribution in [0.15, 0.2) is 59.2 Å². The van der Waals surface area contributed by atoms with Crippen LogP contribution in [0.5, 0.6) is 0 Å². The summed E-state index contributed by atoms with van der Waals surface area (Å²) in [5, 5.41) is 3.12. The molecule has 1 aliphatic rings. The van der Waals surface area contributed by atoms with E-state index in [0.29, 0.717) is 18.2 Å². The number of piperidine rings is 1. The smallest absolute Gasteiger partial charge is 0.246 e. The lowest BCUT2D eigenvalue weighted by molar-refractivity contribution is -0.128. The van der Waals surface area contributed by atoms with E-state index in [1.54, 1.807) is 24.5 Å². The van der Waals surface area contributed by atoms with Crippen molar-refractivity contribution in [2.45, 2.75) is 32.1 Å². The molecule has 0 aliphatic carbocycles. The molecule has 1 aromatic heterocycles. The third kappa shape index (κ3) is 5.35. The summed E-state index contributed by atoms with van der Waals surface area (Å²) >= 11 is 0. The number of rotatable bonds is 7. The Morgan fingerprint density at radius 1 is 1.18 bits per heavy atom. The summed E-state index contributed by atoms with van der Waals surface area (Å²) in [6.07, 6.45) is 7.44. The lowest BCUT2D eigenvalue weighted by atomic mass is 9.94. The Labute approximate surface area is 166 Å². The maximum atomic E-state index is 12.6. The van der Waals surface area contributed by atoms with Crippen molar-refractivity contribution in [3.63, 3.8) is 0 Å². The van der Waals surface area contributed by atoms with E-state index in [1.807, 2.05) is 48.2 Å². The first-order valence-electron chi connectivity index (χ1n) is 10.0. The van der Waals surface area contributed by atoms with E-state index < -0.39 is 0 Å². The molecular formula is C23H28N2O3. The van der Waals surface area contributed by atoms with Crippen molar-refractivity contribution in [2.24, 2.45) is 5.92 Å². The molecule has 3 rings (SSSR count). The first-order valence-corrected chi connectivity index (χ1v) is 10.0. The number of nitrogens with zero attached hydrogens (tertiary/aromatic N) is 1. The van der Waals surface area contributed by atoms with Crippen LogP contribution in [0.4, 0.5) is 0 Å². The van der Waals surface area contributed by atoms with Crippen LogP contribution in [0.1, 0.15) is 43.4 Å². The second-order valence-corrected chi connectivity index (χ2v) is 7.23. The quantitative estimate of drug-likeness (QED) is 0.743. The van der Waals surface area contributed by atoms with Crippen molar-refractivity contribution in [1.29, 1.82) is 0 Å². The van der Waals surface area contributed by atoms with Gasteiger partial charge in [0.15, 0.2) is 0 Å². The minimum atomic E-state index is -0.102. The van der Waals surface area contributed by atoms with Crippen molar-refractivity contribution in [2.75, 3.05) is 19.6 Å². The van der Waals surface area contributed by atoms with Crippen LogP contribution < -0.4 is 5.32 Å². The Morgan fingerprint density at radius 3 is 2.57 bits per heavy atom. The number of carbonyl (C=O) groups is 2. The van der Waals surface area contributed by atoms with Gasteiger partial charge in [-0.1, -0.05) is 37.3 Å². The highest BCUT2D eigenvalue weighted by molar-refractivity contribution is 5.91. The van der Waals surface area contributed by atoms with E-state index in [0.717, 1.165) is 37.9 Å². The van der Waals surface area contributed by atoms with Gasteiger partial charge in [0.25, 0.3) is 0 Å². The molecule has 2 heterocycles. The molecular weight excluding hydrogens is 352 g/mol. The molecule has 5 heteroatoms. The second-order valence-electron chi connectivity index (χ2n) is 7.23. The van der Waals surface area contributed by atoms with Crippen LogP contribution >= 0.6 is 0 Å². The fraction of sp³-hybridized carbons (Fsp3) is 0.391. The summed E-state index contributed by atoms with van der Waals surface area (Å²) in [4.78, 5) is 26.7. The van der Waals surface area contributed by atoms with E-state index in [-0.39, 0.29) is 17.7 Å². The van der Waals surface area contributed by atoms with Gasteiger partial charge in [0, 0.05) is 25.7 Å². The monoisotopic (exact) mass is 380 g/mol. The summed E-state index contributed by atoms with van der Waals surface area (Å²) in [6, 6.07) is 13.5. The maximum absolute atomic E-state index is 12.6. The molecule has 0 spiro atoms. The highest BCUT2D eigenvalue weighted by atomic mass is 16.3. The van der Waals surface area contributed by atoms with Crippen LogP contribution in [0.3, 0.4) is 0 Å². The van der Waals surface area contributed by atoms with Crippen LogP contribution in [-0.4, -0.2) is 36.3 Å². The SMILES string of the molecule is CCC(C(=O)NCC1CCN(C(=O)C=Cc2ccco2)CC1)c1ccccc1. The van der Waals surface area contributed by atoms with Gasteiger partial charge in [0.2, 0.25) is 11.8 Å². The molecule has 1 saturated heterocycles. The van der Waals surface area contributed by atoms with E-state index in [4.69, 9.17) is 4.42 Å². The number of hydrogen-bond acceptors (Lipinski definition) is 3. The van der Waals surface area contributed by atoms with Crippen molar-refractivity contribution >= 4 is 17.9 Å². The van der Waals surface area contributed by atoms with Crippen LogP contribution in [0.2, 0.25) is 0 Å². The van der Waals surface area contributed by atoms with Gasteiger partial charge in [-0.25, -0.2) is 0 Å². The van der Waals surface area contributed by atoms with Gasteiger partial charge in [0.1, 0.15) is 5.76 Å². The molecule has 28 heavy (non-hydrogen) atoms. The van der Waals surface area contributed by atoms with E-state index >= 15 is 0 Å². The molecule has 5 nitrogen and oxygen atoms in total. The standard InChI is InChI=1S/C23H28N2O3/c1-2-21(19-7-4-3-5-8-19)23(27)24-17-18-12-14-25(15-13-18)22(26)11-10-20-9-6-16-28-20/h3-11,16,18,21H,2,12-15,17H2,1H3,(H,24,27). The fourth-order valence-electron chi connectivity index (χ4n) is 3.63. The molecule has 0 saturated carbocycles. The molecule has 1 atom stereocenters. The van der Waals surface area contributed by atoms with Crippen molar-refractivity contribution in [3.05, 3.63) is 66.1 Å². The summed E-state index contributed by atoms with van der Waals surface area (Å²) in [5.74, 6) is 1.09. The number of carbonyl (C=O) groups excluding carboxylic acids is 2. The Morgan fingerprint density at radius 2 is 1.93 bits per heavy atom. The highest BCUT2D eigenvalue weighted by Gasteiger charge is 2.24. The lowest BCUT2D eigenvalue weighted by Crippen LogP contribution is -2.41. The molecule has 148 valence electrons. The van der Waals surface area contributed by atoms with E-state index in [2.05, 4.69) is 5.32 Å². The zero-order chi connectivity index (χ0) is 19.8. The number of nitrogens with one attached hydrogen (secondary N) is 1. The topological polar surface area (TPSA) is 62.6 Å². The van der Waals surface area contributed by atoms with Gasteiger partial charge >= 0.3 is 0 Å². The molecule has 1 aromatic carbocycles. The third-order valence-corrected chi connectivity index (χ3v) is 5.35. The molecule has 2 aromatic rings. The fourth-order valence-corrected chi connectivity index (χ4v) is 3.63. The second kappa shape index (κ2) is 9.93. The zero-order valence-corrected chi connectivity index (χ0v) is 16.3. The molecule has 2 amide bonds. The average Bonchev–Trinajstić information content (AvgIpc) is 3.26. The Kier molecular flexibility index (Phi) is 7.06. The van der Waals surface area contributed by atoms with Gasteiger partial charge in [-0.3, -0.25) is 9.59 Å². The van der Waals surface area contributed by atoms with Crippen molar-refractivity contribution in [3.8, 4) is 0 Å². The van der Waals surface area contributed by atoms with Gasteiger partial charge in [-0.2, -0.15) is 0 Å². The molecule has 1 unspecified atom stereocenters. The third-order valence-electron chi connectivity index (χ3n) is 5.35. The van der Waals surface area contributed by atoms with Crippen molar-refractivity contribution < 1.29 is 14.0 Å². The zero-order valence-electron chi connectivity index (χ0n) is 16.3. The molecule has 1 fully saturated rings. The van der Waals surface area contributed by atoms with E-state index in [1.165, 1.54) is 0 Å². The van der Waals surface area contributed by atoms with Gasteiger partial charge in [0.05, 0.1) is 12.2 Å². The Bertz CT molecular complexity index is 775. The lowest BCUT2D eigenvalue weighted by Gasteiger charge is -2.31. The predicted molar refractivity (Wildman–Crippen MR) is 110 cm³/mol. The minimum Gasteiger partial charge on any atom is -0.465 e. The van der Waals surface area contributed by atoms with Crippen molar-refractivity contribution in [1.82, 2.24) is 10.2 Å². The number of hydrogen-bond donors (Lipinski definition) is 1. The number of furan rings is 1. The van der Waals surface area contributed by atoms with Gasteiger partial charge < -0.3 is 14.6 Å².